The van der Waals surface area contributed by atoms with Crippen LogP contribution in [0.25, 0.3) is 0 Å². The Kier molecular flexibility index (Phi) is 5.16. The zero-order valence-electron chi connectivity index (χ0n) is 11.9. The summed E-state index contributed by atoms with van der Waals surface area (Å²) in [6, 6.07) is 14.2. The molecule has 0 fully saturated rings. The number of hydrogen-bond donors (Lipinski definition) is 3. The van der Waals surface area contributed by atoms with Crippen molar-refractivity contribution in [3.8, 4) is 5.75 Å². The number of hydrogen-bond acceptors (Lipinski definition) is 4. The number of benzene rings is 2. The van der Waals surface area contributed by atoms with Gasteiger partial charge >= 0.3 is 0 Å². The van der Waals surface area contributed by atoms with Crippen molar-refractivity contribution in [1.82, 2.24) is 5.43 Å². The predicted molar refractivity (Wildman–Crippen MR) is 91.7 cm³/mol. The van der Waals surface area contributed by atoms with E-state index in [4.69, 9.17) is 22.7 Å². The fraction of sp³-hybridized carbons (Fsp3) is 0.0667. The number of ether oxygens (including phenoxy) is 1. The average molecular weight is 316 g/mol. The molecular formula is C15H16N4O2S. The van der Waals surface area contributed by atoms with Crippen molar-refractivity contribution in [1.29, 1.82) is 0 Å². The summed E-state index contributed by atoms with van der Waals surface area (Å²) in [6.45, 7) is 0. The average Bonchev–Trinajstić information content (AvgIpc) is 2.54. The molecule has 0 atom stereocenters. The summed E-state index contributed by atoms with van der Waals surface area (Å²) in [5.74, 6) is 0.746. The molecule has 114 valence electrons. The molecule has 0 radical (unpaired) electrons. The molecule has 4 N–H and O–H groups in total. The van der Waals surface area contributed by atoms with Crippen molar-refractivity contribution >= 4 is 40.8 Å². The van der Waals surface area contributed by atoms with Crippen LogP contribution in [0.2, 0.25) is 0 Å². The van der Waals surface area contributed by atoms with Crippen LogP contribution >= 0.6 is 12.2 Å². The third kappa shape index (κ3) is 3.86. The van der Waals surface area contributed by atoms with Gasteiger partial charge in [-0.3, -0.25) is 10.2 Å². The lowest BCUT2D eigenvalue weighted by atomic mass is 10.3. The van der Waals surface area contributed by atoms with E-state index in [0.29, 0.717) is 17.8 Å². The van der Waals surface area contributed by atoms with Gasteiger partial charge in [-0.15, -0.1) is 0 Å². The maximum Gasteiger partial charge on any atom is 0.232 e. The van der Waals surface area contributed by atoms with Crippen LogP contribution in [0.3, 0.4) is 0 Å². The maximum absolute atomic E-state index is 11.2. The van der Waals surface area contributed by atoms with Crippen molar-refractivity contribution in [3.05, 3.63) is 48.5 Å². The fourth-order valence-electron chi connectivity index (χ4n) is 1.79. The molecule has 0 heterocycles. The minimum atomic E-state index is 0.264. The normalized spacial score (nSPS) is 9.68. The Morgan fingerprint density at radius 1 is 1.23 bits per heavy atom. The summed E-state index contributed by atoms with van der Waals surface area (Å²) in [4.78, 5) is 11.2. The molecule has 0 aliphatic carbocycles. The van der Waals surface area contributed by atoms with E-state index >= 15 is 0 Å². The SMILES string of the molecule is COc1ccc(NC(=S)NN(C=O)c2ccccc2N)cc1. The van der Waals surface area contributed by atoms with Gasteiger partial charge in [-0.1, -0.05) is 12.1 Å². The van der Waals surface area contributed by atoms with Crippen molar-refractivity contribution in [3.63, 3.8) is 0 Å². The highest BCUT2D eigenvalue weighted by atomic mass is 32.1. The topological polar surface area (TPSA) is 79.6 Å². The van der Waals surface area contributed by atoms with Gasteiger partial charge in [-0.05, 0) is 48.6 Å². The molecule has 0 aliphatic heterocycles. The molecule has 0 saturated heterocycles. The second kappa shape index (κ2) is 7.28. The van der Waals surface area contributed by atoms with Crippen LogP contribution < -0.4 is 26.2 Å². The van der Waals surface area contributed by atoms with E-state index in [1.54, 1.807) is 43.5 Å². The van der Waals surface area contributed by atoms with Crippen LogP contribution in [0.4, 0.5) is 17.1 Å². The van der Waals surface area contributed by atoms with Gasteiger partial charge in [0.15, 0.2) is 5.11 Å². The predicted octanol–water partition coefficient (Wildman–Crippen LogP) is 2.14. The van der Waals surface area contributed by atoms with E-state index in [9.17, 15) is 4.79 Å². The summed E-state index contributed by atoms with van der Waals surface area (Å²) in [5.41, 5.74) is 10.4. The Balaban J connectivity index is 2.03. The first-order chi connectivity index (χ1) is 10.6. The highest BCUT2D eigenvalue weighted by Crippen LogP contribution is 2.20. The van der Waals surface area contributed by atoms with E-state index < -0.39 is 0 Å². The number of nitrogens with zero attached hydrogens (tertiary/aromatic N) is 1. The van der Waals surface area contributed by atoms with Gasteiger partial charge in [0.05, 0.1) is 18.5 Å². The van der Waals surface area contributed by atoms with Gasteiger partial charge < -0.3 is 15.8 Å². The van der Waals surface area contributed by atoms with Crippen molar-refractivity contribution < 1.29 is 9.53 Å². The third-order valence-corrected chi connectivity index (χ3v) is 3.06. The molecule has 0 spiro atoms. The smallest absolute Gasteiger partial charge is 0.232 e. The molecule has 2 aromatic rings. The number of rotatable bonds is 5. The number of para-hydroxylation sites is 2. The first-order valence-electron chi connectivity index (χ1n) is 6.45. The fourth-order valence-corrected chi connectivity index (χ4v) is 2.01. The van der Waals surface area contributed by atoms with Crippen LogP contribution in [0, 0.1) is 0 Å². The molecule has 6 nitrogen and oxygen atoms in total. The number of nitrogens with one attached hydrogen (secondary N) is 2. The van der Waals surface area contributed by atoms with Crippen molar-refractivity contribution in [2.45, 2.75) is 0 Å². The maximum atomic E-state index is 11.2. The second-order valence-electron chi connectivity index (χ2n) is 4.33. The molecule has 0 aromatic heterocycles. The first-order valence-corrected chi connectivity index (χ1v) is 6.85. The number of hydrazine groups is 1. The number of thiocarbonyl (C=S) groups is 1. The lowest BCUT2D eigenvalue weighted by Crippen LogP contribution is -2.44. The van der Waals surface area contributed by atoms with Crippen molar-refractivity contribution in [2.75, 3.05) is 23.2 Å². The van der Waals surface area contributed by atoms with E-state index in [1.807, 2.05) is 12.1 Å². The first kappa shape index (κ1) is 15.6. The van der Waals surface area contributed by atoms with Gasteiger partial charge in [0.1, 0.15) is 5.75 Å². The Morgan fingerprint density at radius 2 is 1.91 bits per heavy atom. The molecule has 7 heteroatoms. The number of carbonyl (C=O) groups excluding carboxylic acids is 1. The monoisotopic (exact) mass is 316 g/mol. The van der Waals surface area contributed by atoms with Crippen LogP contribution in [-0.4, -0.2) is 18.6 Å². The summed E-state index contributed by atoms with van der Waals surface area (Å²) >= 11 is 5.19. The van der Waals surface area contributed by atoms with Gasteiger partial charge in [0, 0.05) is 5.69 Å². The van der Waals surface area contributed by atoms with E-state index in [0.717, 1.165) is 11.4 Å². The number of nitrogen functional groups attached to an aromatic ring is 1. The minimum absolute atomic E-state index is 0.264. The van der Waals surface area contributed by atoms with E-state index in [1.165, 1.54) is 5.01 Å². The third-order valence-electron chi connectivity index (χ3n) is 2.87. The molecule has 22 heavy (non-hydrogen) atoms. The highest BCUT2D eigenvalue weighted by molar-refractivity contribution is 7.80. The van der Waals surface area contributed by atoms with Crippen molar-refractivity contribution in [2.24, 2.45) is 0 Å². The summed E-state index contributed by atoms with van der Waals surface area (Å²) in [6.07, 6.45) is 0.605. The standard InChI is InChI=1S/C15H16N4O2S/c1-21-12-8-6-11(7-9-12)17-15(22)18-19(10-20)14-5-3-2-4-13(14)16/h2-10H,16H2,1H3,(H2,17,18,22). The minimum Gasteiger partial charge on any atom is -0.497 e. The van der Waals surface area contributed by atoms with Crippen LogP contribution in [0.15, 0.2) is 48.5 Å². The Hall–Kier alpha value is -2.80. The van der Waals surface area contributed by atoms with Gasteiger partial charge in [-0.25, -0.2) is 5.01 Å². The number of anilines is 3. The van der Waals surface area contributed by atoms with Crippen LogP contribution in [0.5, 0.6) is 5.75 Å². The Labute approximate surface area is 133 Å². The number of amides is 1. The quantitative estimate of drug-likeness (QED) is 0.339. The molecule has 0 bridgehead atoms. The Morgan fingerprint density at radius 3 is 2.50 bits per heavy atom. The molecule has 0 saturated carbocycles. The largest absolute Gasteiger partial charge is 0.497 e. The molecule has 0 aliphatic rings. The zero-order chi connectivity index (χ0) is 15.9. The van der Waals surface area contributed by atoms with Crippen LogP contribution in [-0.2, 0) is 4.79 Å². The molecule has 0 unspecified atom stereocenters. The highest BCUT2D eigenvalue weighted by Gasteiger charge is 2.09. The lowest BCUT2D eigenvalue weighted by Gasteiger charge is -2.22. The summed E-state index contributed by atoms with van der Waals surface area (Å²) in [7, 11) is 1.60. The second-order valence-corrected chi connectivity index (χ2v) is 4.74. The van der Waals surface area contributed by atoms with Gasteiger partial charge in [0.25, 0.3) is 0 Å². The van der Waals surface area contributed by atoms with Gasteiger partial charge in [0.2, 0.25) is 6.41 Å². The number of carbonyl (C=O) groups is 1. The number of nitrogens with two attached hydrogens (primary N) is 1. The zero-order valence-corrected chi connectivity index (χ0v) is 12.8. The molecular weight excluding hydrogens is 300 g/mol. The molecule has 2 aromatic carbocycles. The molecule has 2 rings (SSSR count). The van der Waals surface area contributed by atoms with E-state index in [2.05, 4.69) is 10.7 Å². The summed E-state index contributed by atoms with van der Waals surface area (Å²) in [5, 5.41) is 4.45. The Bertz CT molecular complexity index is 661. The van der Waals surface area contributed by atoms with Gasteiger partial charge in [-0.2, -0.15) is 0 Å². The van der Waals surface area contributed by atoms with E-state index in [-0.39, 0.29) is 5.11 Å². The van der Waals surface area contributed by atoms with Crippen LogP contribution in [0.1, 0.15) is 0 Å². The molecule has 1 amide bonds. The number of methoxy groups -OCH3 is 1. The summed E-state index contributed by atoms with van der Waals surface area (Å²) < 4.78 is 5.08. The lowest BCUT2D eigenvalue weighted by molar-refractivity contribution is -0.107.